The summed E-state index contributed by atoms with van der Waals surface area (Å²) in [6.45, 7) is 8.42. The van der Waals surface area contributed by atoms with Gasteiger partial charge in [0.2, 0.25) is 5.91 Å². The Hall–Kier alpha value is -0.810. The minimum Gasteiger partial charge on any atom is -0.351 e. The maximum Gasteiger partial charge on any atom is 0.227 e. The Morgan fingerprint density at radius 3 is 2.19 bits per heavy atom. The Kier molecular flexibility index (Phi) is 12.2. The van der Waals surface area contributed by atoms with Gasteiger partial charge in [-0.15, -0.1) is 24.8 Å². The highest BCUT2D eigenvalue weighted by atomic mass is 35.5. The second kappa shape index (κ2) is 12.6. The van der Waals surface area contributed by atoms with Gasteiger partial charge < -0.3 is 11.1 Å². The fourth-order valence-electron chi connectivity index (χ4n) is 3.56. The van der Waals surface area contributed by atoms with Crippen LogP contribution in [0.25, 0.3) is 0 Å². The van der Waals surface area contributed by atoms with Crippen LogP contribution in [0.5, 0.6) is 0 Å². The number of halogens is 2. The monoisotopic (exact) mass is 403 g/mol. The smallest absolute Gasteiger partial charge is 0.227 e. The third kappa shape index (κ3) is 6.41. The molecule has 6 heteroatoms. The molecule has 150 valence electrons. The van der Waals surface area contributed by atoms with Gasteiger partial charge in [-0.2, -0.15) is 0 Å². The van der Waals surface area contributed by atoms with Gasteiger partial charge in [-0.25, -0.2) is 0 Å². The lowest BCUT2D eigenvalue weighted by atomic mass is 9.81. The van der Waals surface area contributed by atoms with Crippen LogP contribution in [0.3, 0.4) is 0 Å². The lowest BCUT2D eigenvalue weighted by molar-refractivity contribution is -0.131. The fourth-order valence-corrected chi connectivity index (χ4v) is 3.56. The first-order chi connectivity index (χ1) is 11.6. The van der Waals surface area contributed by atoms with Gasteiger partial charge in [0.15, 0.2) is 0 Å². The van der Waals surface area contributed by atoms with Crippen LogP contribution in [0.4, 0.5) is 0 Å². The Bertz CT molecular complexity index is 521. The summed E-state index contributed by atoms with van der Waals surface area (Å²) in [4.78, 5) is 15.2. The van der Waals surface area contributed by atoms with Crippen molar-refractivity contribution in [2.24, 2.45) is 11.1 Å². The Morgan fingerprint density at radius 1 is 1.08 bits per heavy atom. The average molecular weight is 404 g/mol. The first-order valence-electron chi connectivity index (χ1n) is 9.42. The van der Waals surface area contributed by atoms with E-state index in [1.165, 1.54) is 43.5 Å². The van der Waals surface area contributed by atoms with Gasteiger partial charge in [0.1, 0.15) is 0 Å². The molecule has 26 heavy (non-hydrogen) atoms. The van der Waals surface area contributed by atoms with E-state index in [0.717, 1.165) is 19.4 Å². The number of piperidine rings is 1. The molecule has 1 saturated heterocycles. The van der Waals surface area contributed by atoms with Crippen LogP contribution in [-0.4, -0.2) is 30.4 Å². The van der Waals surface area contributed by atoms with E-state index < -0.39 is 5.41 Å². The molecule has 0 aromatic heterocycles. The van der Waals surface area contributed by atoms with Crippen LogP contribution < -0.4 is 11.1 Å². The molecular weight excluding hydrogens is 369 g/mol. The minimum atomic E-state index is -0.429. The van der Waals surface area contributed by atoms with E-state index in [4.69, 9.17) is 5.73 Å². The maximum absolute atomic E-state index is 12.6. The number of nitrogens with one attached hydrogen (secondary N) is 1. The Morgan fingerprint density at radius 2 is 1.65 bits per heavy atom. The molecule has 0 saturated carbocycles. The Labute approximate surface area is 171 Å². The predicted octanol–water partition coefficient (Wildman–Crippen LogP) is 3.90. The maximum atomic E-state index is 12.6. The number of benzene rings is 1. The van der Waals surface area contributed by atoms with Crippen molar-refractivity contribution in [1.29, 1.82) is 0 Å². The van der Waals surface area contributed by atoms with Crippen molar-refractivity contribution >= 4 is 30.7 Å². The molecule has 1 amide bonds. The third-order valence-corrected chi connectivity index (χ3v) is 5.63. The van der Waals surface area contributed by atoms with Crippen molar-refractivity contribution < 1.29 is 4.79 Å². The van der Waals surface area contributed by atoms with Crippen molar-refractivity contribution in [3.63, 3.8) is 0 Å². The molecule has 0 unspecified atom stereocenters. The molecule has 1 aliphatic heterocycles. The number of hydrogen-bond acceptors (Lipinski definition) is 3. The molecule has 0 spiro atoms. The first kappa shape index (κ1) is 25.2. The van der Waals surface area contributed by atoms with Crippen molar-refractivity contribution in [1.82, 2.24) is 10.2 Å². The van der Waals surface area contributed by atoms with Gasteiger partial charge in [0.25, 0.3) is 0 Å². The molecule has 0 bridgehead atoms. The summed E-state index contributed by atoms with van der Waals surface area (Å²) in [5, 5.41) is 3.13. The van der Waals surface area contributed by atoms with Crippen LogP contribution in [0.15, 0.2) is 24.3 Å². The molecule has 0 aliphatic carbocycles. The number of likely N-dealkylation sites (tertiary alicyclic amines) is 1. The molecule has 0 radical (unpaired) electrons. The van der Waals surface area contributed by atoms with Crippen molar-refractivity contribution in [3.05, 3.63) is 35.4 Å². The molecule has 1 aromatic rings. The number of carbonyl (C=O) groups is 1. The van der Waals surface area contributed by atoms with Gasteiger partial charge in [-0.05, 0) is 49.9 Å². The molecule has 3 N–H and O–H groups in total. The van der Waals surface area contributed by atoms with Gasteiger partial charge in [-0.1, -0.05) is 44.5 Å². The molecule has 1 aromatic carbocycles. The summed E-state index contributed by atoms with van der Waals surface area (Å²) in [6.07, 6.45) is 5.50. The molecule has 1 fully saturated rings. The van der Waals surface area contributed by atoms with Crippen LogP contribution >= 0.6 is 24.8 Å². The van der Waals surface area contributed by atoms with Gasteiger partial charge in [-0.3, -0.25) is 9.69 Å². The summed E-state index contributed by atoms with van der Waals surface area (Å²) in [7, 11) is 0. The quantitative estimate of drug-likeness (QED) is 0.691. The van der Waals surface area contributed by atoms with Gasteiger partial charge >= 0.3 is 0 Å². The Balaban J connectivity index is 0.00000312. The van der Waals surface area contributed by atoms with Gasteiger partial charge in [0.05, 0.1) is 5.41 Å². The largest absolute Gasteiger partial charge is 0.351 e. The molecule has 4 nitrogen and oxygen atoms in total. The van der Waals surface area contributed by atoms with Crippen molar-refractivity contribution in [3.8, 4) is 0 Å². The van der Waals surface area contributed by atoms with Gasteiger partial charge in [0, 0.05) is 19.6 Å². The summed E-state index contributed by atoms with van der Waals surface area (Å²) < 4.78 is 0. The van der Waals surface area contributed by atoms with E-state index in [2.05, 4.69) is 34.5 Å². The van der Waals surface area contributed by atoms with Crippen LogP contribution in [0, 0.1) is 5.41 Å². The second-order valence-electron chi connectivity index (χ2n) is 6.98. The van der Waals surface area contributed by atoms with E-state index >= 15 is 0 Å². The van der Waals surface area contributed by atoms with E-state index in [9.17, 15) is 4.79 Å². The standard InChI is InChI=1S/C20H33N3O.2ClH/c1-3-20(4-2,16-21)19(24)22-14-17-10-6-7-11-18(17)15-23-12-8-5-9-13-23;;/h6-7,10-11H,3-5,8-9,12-16,21H2,1-2H3,(H,22,24);2*1H. The van der Waals surface area contributed by atoms with Crippen LogP contribution in [0.1, 0.15) is 57.1 Å². The molecule has 1 heterocycles. The minimum absolute atomic E-state index is 0. The lowest BCUT2D eigenvalue weighted by Crippen LogP contribution is -2.45. The lowest BCUT2D eigenvalue weighted by Gasteiger charge is -2.29. The number of nitrogens with two attached hydrogens (primary N) is 1. The molecule has 1 aliphatic rings. The summed E-state index contributed by atoms with van der Waals surface area (Å²) >= 11 is 0. The van der Waals surface area contributed by atoms with Crippen LogP contribution in [-0.2, 0) is 17.9 Å². The normalized spacial score (nSPS) is 14.9. The zero-order valence-electron chi connectivity index (χ0n) is 16.1. The summed E-state index contributed by atoms with van der Waals surface area (Å²) in [6, 6.07) is 8.46. The highest BCUT2D eigenvalue weighted by Crippen LogP contribution is 2.25. The third-order valence-electron chi connectivity index (χ3n) is 5.63. The fraction of sp³-hybridized carbons (Fsp3) is 0.650. The van der Waals surface area contributed by atoms with Crippen LogP contribution in [0.2, 0.25) is 0 Å². The first-order valence-corrected chi connectivity index (χ1v) is 9.42. The molecule has 2 rings (SSSR count). The van der Waals surface area contributed by atoms with Crippen molar-refractivity contribution in [2.45, 2.75) is 59.0 Å². The SMILES string of the molecule is CCC(CC)(CN)C(=O)NCc1ccccc1CN1CCCCC1.Cl.Cl. The summed E-state index contributed by atoms with van der Waals surface area (Å²) in [5.74, 6) is 0.0859. The molecular formula is C20H35Cl2N3O. The topological polar surface area (TPSA) is 58.4 Å². The molecule has 0 atom stereocenters. The highest BCUT2D eigenvalue weighted by molar-refractivity contribution is 5.85. The zero-order valence-corrected chi connectivity index (χ0v) is 17.8. The van der Waals surface area contributed by atoms with E-state index in [-0.39, 0.29) is 30.7 Å². The second-order valence-corrected chi connectivity index (χ2v) is 6.98. The van der Waals surface area contributed by atoms with Crippen molar-refractivity contribution in [2.75, 3.05) is 19.6 Å². The average Bonchev–Trinajstić information content (AvgIpc) is 2.64. The number of rotatable bonds is 8. The zero-order chi connectivity index (χ0) is 17.4. The number of carbonyl (C=O) groups excluding carboxylic acids is 1. The number of hydrogen-bond donors (Lipinski definition) is 2. The predicted molar refractivity (Wildman–Crippen MR) is 114 cm³/mol. The number of nitrogens with zero attached hydrogens (tertiary/aromatic N) is 1. The number of amides is 1. The van der Waals surface area contributed by atoms with E-state index in [1.54, 1.807) is 0 Å². The van der Waals surface area contributed by atoms with E-state index in [0.29, 0.717) is 13.1 Å². The van der Waals surface area contributed by atoms with E-state index in [1.807, 2.05) is 13.8 Å². The highest BCUT2D eigenvalue weighted by Gasteiger charge is 2.33. The summed E-state index contributed by atoms with van der Waals surface area (Å²) in [5.41, 5.74) is 8.00.